The van der Waals surface area contributed by atoms with E-state index in [1.807, 2.05) is 0 Å². The predicted octanol–water partition coefficient (Wildman–Crippen LogP) is 6.07. The first-order valence-electron chi connectivity index (χ1n) is 14.8. The molecule has 0 saturated carbocycles. The van der Waals surface area contributed by atoms with Crippen molar-refractivity contribution < 1.29 is 41.0 Å². The molecule has 2 atom stereocenters. The topological polar surface area (TPSA) is 102 Å². The molecule has 1 aromatic carbocycles. The summed E-state index contributed by atoms with van der Waals surface area (Å²) in [6.45, 7) is 7.50. The number of anilines is 1. The summed E-state index contributed by atoms with van der Waals surface area (Å²) in [5, 5.41) is 5.36. The number of alkyl halides is 5. The standard InChI is InChI=1S/C31H39F5N4O5/c1-18-21(7-6-8-23(18)31(34,35)36)19(2)37-27(42)22-16-40(20-10-13-44-14-11-20)26(41)15-24(22)38-25-9-12-39(17-30(25,32)33)28(43)45-29(3,4)5/h6-8,15-16,19-20,25,38H,9-14,17H2,1-5H3,(H,37,42). The minimum Gasteiger partial charge on any atom is -0.444 e. The summed E-state index contributed by atoms with van der Waals surface area (Å²) in [6, 6.07) is 2.02. The molecular formula is C31H39F5N4O5. The number of rotatable bonds is 6. The van der Waals surface area contributed by atoms with Crippen LogP contribution in [-0.4, -0.2) is 65.3 Å². The van der Waals surface area contributed by atoms with Crippen molar-refractivity contribution in [3.63, 3.8) is 0 Å². The number of likely N-dealkylation sites (tertiary alicyclic amines) is 1. The quantitative estimate of drug-likeness (QED) is 0.371. The van der Waals surface area contributed by atoms with Gasteiger partial charge in [-0.3, -0.25) is 9.59 Å². The van der Waals surface area contributed by atoms with E-state index in [4.69, 9.17) is 9.47 Å². The maximum absolute atomic E-state index is 15.4. The van der Waals surface area contributed by atoms with Crippen LogP contribution in [0.2, 0.25) is 0 Å². The van der Waals surface area contributed by atoms with Crippen LogP contribution in [0.4, 0.5) is 32.4 Å². The molecule has 1 aromatic heterocycles. The molecule has 9 nitrogen and oxygen atoms in total. The van der Waals surface area contributed by atoms with Gasteiger partial charge in [0.05, 0.1) is 35.4 Å². The van der Waals surface area contributed by atoms with Crippen molar-refractivity contribution in [1.82, 2.24) is 14.8 Å². The first-order valence-corrected chi connectivity index (χ1v) is 14.8. The zero-order valence-corrected chi connectivity index (χ0v) is 25.9. The fraction of sp³-hybridized carbons (Fsp3) is 0.581. The van der Waals surface area contributed by atoms with Gasteiger partial charge in [-0.05, 0) is 71.1 Å². The minimum atomic E-state index is -4.59. The summed E-state index contributed by atoms with van der Waals surface area (Å²) in [5.74, 6) is -4.22. The number of nitrogens with zero attached hydrogens (tertiary/aromatic N) is 2. The number of carbonyl (C=O) groups is 2. The number of benzene rings is 1. The molecule has 2 fully saturated rings. The molecule has 2 aliphatic heterocycles. The molecule has 3 heterocycles. The van der Waals surface area contributed by atoms with Gasteiger partial charge in [0.1, 0.15) is 5.60 Å². The largest absolute Gasteiger partial charge is 0.444 e. The lowest BCUT2D eigenvalue weighted by Crippen LogP contribution is -2.56. The van der Waals surface area contributed by atoms with Gasteiger partial charge in [0.15, 0.2) is 0 Å². The average Bonchev–Trinajstić information content (AvgIpc) is 2.93. The van der Waals surface area contributed by atoms with Crippen molar-refractivity contribution in [3.8, 4) is 0 Å². The maximum atomic E-state index is 15.4. The molecule has 2 saturated heterocycles. The van der Waals surface area contributed by atoms with E-state index in [2.05, 4.69) is 10.6 Å². The van der Waals surface area contributed by atoms with Gasteiger partial charge in [0, 0.05) is 38.1 Å². The number of pyridine rings is 1. The number of ether oxygens (including phenoxy) is 2. The second kappa shape index (κ2) is 13.0. The highest BCUT2D eigenvalue weighted by Crippen LogP contribution is 2.35. The Kier molecular flexibility index (Phi) is 9.86. The summed E-state index contributed by atoms with van der Waals surface area (Å²) >= 11 is 0. The van der Waals surface area contributed by atoms with E-state index in [0.29, 0.717) is 26.1 Å². The third-order valence-electron chi connectivity index (χ3n) is 7.99. The van der Waals surface area contributed by atoms with E-state index in [0.717, 1.165) is 17.0 Å². The van der Waals surface area contributed by atoms with Crippen LogP contribution >= 0.6 is 0 Å². The summed E-state index contributed by atoms with van der Waals surface area (Å²) < 4.78 is 83.4. The molecule has 2 aromatic rings. The third-order valence-corrected chi connectivity index (χ3v) is 7.99. The molecule has 248 valence electrons. The predicted molar refractivity (Wildman–Crippen MR) is 157 cm³/mol. The molecule has 14 heteroatoms. The Morgan fingerprint density at radius 2 is 1.78 bits per heavy atom. The summed E-state index contributed by atoms with van der Waals surface area (Å²) in [7, 11) is 0. The van der Waals surface area contributed by atoms with Gasteiger partial charge in [-0.1, -0.05) is 12.1 Å². The molecule has 0 bridgehead atoms. The van der Waals surface area contributed by atoms with Gasteiger partial charge in [0.25, 0.3) is 17.4 Å². The minimum absolute atomic E-state index is 0.0558. The molecule has 2 amide bonds. The van der Waals surface area contributed by atoms with Gasteiger partial charge in [-0.25, -0.2) is 13.6 Å². The van der Waals surface area contributed by atoms with Crippen LogP contribution < -0.4 is 16.2 Å². The molecule has 0 spiro atoms. The molecule has 2 N–H and O–H groups in total. The van der Waals surface area contributed by atoms with Gasteiger partial charge >= 0.3 is 12.3 Å². The normalized spacial score (nSPS) is 20.0. The zero-order chi connectivity index (χ0) is 33.3. The number of carbonyl (C=O) groups excluding carboxylic acids is 2. The fourth-order valence-electron chi connectivity index (χ4n) is 5.67. The SMILES string of the molecule is Cc1c(C(C)NC(=O)c2cn(C3CCOCC3)c(=O)cc2NC2CCN(C(=O)OC(C)(C)C)CC2(F)F)cccc1C(F)(F)F. The van der Waals surface area contributed by atoms with E-state index in [9.17, 15) is 27.6 Å². The lowest BCUT2D eigenvalue weighted by Gasteiger charge is -2.39. The number of piperidine rings is 1. The monoisotopic (exact) mass is 642 g/mol. The van der Waals surface area contributed by atoms with Crippen LogP contribution in [0.15, 0.2) is 35.3 Å². The van der Waals surface area contributed by atoms with Crippen molar-refractivity contribution in [3.05, 3.63) is 63.1 Å². The van der Waals surface area contributed by atoms with E-state index in [1.54, 1.807) is 20.8 Å². The zero-order valence-electron chi connectivity index (χ0n) is 25.9. The van der Waals surface area contributed by atoms with Crippen LogP contribution in [0, 0.1) is 6.92 Å². The fourth-order valence-corrected chi connectivity index (χ4v) is 5.67. The van der Waals surface area contributed by atoms with E-state index in [1.165, 1.54) is 36.7 Å². The second-order valence-corrected chi connectivity index (χ2v) is 12.6. The number of amides is 2. The Hall–Kier alpha value is -3.68. The number of hydrogen-bond acceptors (Lipinski definition) is 6. The molecule has 45 heavy (non-hydrogen) atoms. The number of nitrogens with one attached hydrogen (secondary N) is 2. The lowest BCUT2D eigenvalue weighted by molar-refractivity contribution is -0.138. The first kappa shape index (κ1) is 34.2. The second-order valence-electron chi connectivity index (χ2n) is 12.6. The summed E-state index contributed by atoms with van der Waals surface area (Å²) in [5.41, 5.74) is -2.32. The molecule has 4 rings (SSSR count). The van der Waals surface area contributed by atoms with Gasteiger partial charge < -0.3 is 29.6 Å². The maximum Gasteiger partial charge on any atom is 0.416 e. The third kappa shape index (κ3) is 8.13. The van der Waals surface area contributed by atoms with Crippen molar-refractivity contribution in [2.24, 2.45) is 0 Å². The van der Waals surface area contributed by atoms with Crippen molar-refractivity contribution in [2.45, 2.75) is 89.7 Å². The first-order chi connectivity index (χ1) is 20.9. The summed E-state index contributed by atoms with van der Waals surface area (Å²) in [6.07, 6.45) is -3.39. The van der Waals surface area contributed by atoms with Crippen LogP contribution in [0.5, 0.6) is 0 Å². The average molecular weight is 643 g/mol. The van der Waals surface area contributed by atoms with Crippen LogP contribution in [0.25, 0.3) is 0 Å². The Bertz CT molecular complexity index is 1460. The number of aromatic nitrogens is 1. The molecular weight excluding hydrogens is 603 g/mol. The van der Waals surface area contributed by atoms with Crippen molar-refractivity contribution in [2.75, 3.05) is 31.6 Å². The molecule has 0 aliphatic carbocycles. The van der Waals surface area contributed by atoms with Crippen LogP contribution in [0.3, 0.4) is 0 Å². The lowest BCUT2D eigenvalue weighted by atomic mass is 9.97. The molecule has 2 unspecified atom stereocenters. The van der Waals surface area contributed by atoms with Crippen LogP contribution in [-0.2, 0) is 15.7 Å². The van der Waals surface area contributed by atoms with Gasteiger partial charge in [-0.2, -0.15) is 13.2 Å². The molecule has 0 radical (unpaired) electrons. The Balaban J connectivity index is 1.64. The van der Waals surface area contributed by atoms with Gasteiger partial charge in [0.2, 0.25) is 0 Å². The van der Waals surface area contributed by atoms with E-state index >= 15 is 8.78 Å². The van der Waals surface area contributed by atoms with Crippen molar-refractivity contribution in [1.29, 1.82) is 0 Å². The Morgan fingerprint density at radius 1 is 1.11 bits per heavy atom. The summed E-state index contributed by atoms with van der Waals surface area (Å²) in [4.78, 5) is 40.3. The van der Waals surface area contributed by atoms with E-state index < -0.39 is 59.5 Å². The highest BCUT2D eigenvalue weighted by atomic mass is 19.4. The highest BCUT2D eigenvalue weighted by Gasteiger charge is 2.47. The number of hydrogen-bond donors (Lipinski definition) is 2. The number of halogens is 5. The highest BCUT2D eigenvalue weighted by molar-refractivity contribution is 5.99. The molecule has 2 aliphatic rings. The smallest absolute Gasteiger partial charge is 0.416 e. The van der Waals surface area contributed by atoms with E-state index in [-0.39, 0.29) is 41.4 Å². The van der Waals surface area contributed by atoms with Crippen molar-refractivity contribution >= 4 is 17.7 Å². The van der Waals surface area contributed by atoms with Gasteiger partial charge in [-0.15, -0.1) is 0 Å². The Morgan fingerprint density at radius 3 is 2.38 bits per heavy atom. The Labute approximate surface area is 258 Å². The van der Waals surface area contributed by atoms with Crippen LogP contribution in [0.1, 0.15) is 86.1 Å².